The van der Waals surface area contributed by atoms with Crippen molar-refractivity contribution in [1.29, 1.82) is 0 Å². The summed E-state index contributed by atoms with van der Waals surface area (Å²) in [5, 5.41) is 14.9. The highest BCUT2D eigenvalue weighted by molar-refractivity contribution is 7.11. The summed E-state index contributed by atoms with van der Waals surface area (Å²) in [5.74, 6) is -0.601. The first-order chi connectivity index (χ1) is 9.99. The lowest BCUT2D eigenvalue weighted by molar-refractivity contribution is -0.385. The smallest absolute Gasteiger partial charge is 0.272 e. The van der Waals surface area contributed by atoms with E-state index < -0.39 is 10.7 Å². The maximum Gasteiger partial charge on any atom is 0.272 e. The predicted octanol–water partition coefficient (Wildman–Crippen LogP) is 3.60. The third kappa shape index (κ3) is 4.05. The molecule has 0 aliphatic rings. The van der Waals surface area contributed by atoms with Crippen molar-refractivity contribution in [3.63, 3.8) is 0 Å². The van der Waals surface area contributed by atoms with Crippen molar-refractivity contribution >= 4 is 17.0 Å². The SMILES string of the molecule is CCc1cnc(C(C)NCc2cc(F)cc([N+](=O)[O-])c2)s1. The maximum absolute atomic E-state index is 13.3. The summed E-state index contributed by atoms with van der Waals surface area (Å²) in [4.78, 5) is 15.7. The Morgan fingerprint density at radius 1 is 1.48 bits per heavy atom. The van der Waals surface area contributed by atoms with E-state index in [1.54, 1.807) is 11.3 Å². The number of aromatic nitrogens is 1. The molecule has 0 saturated heterocycles. The monoisotopic (exact) mass is 309 g/mol. The average molecular weight is 309 g/mol. The van der Waals surface area contributed by atoms with Gasteiger partial charge in [-0.2, -0.15) is 0 Å². The van der Waals surface area contributed by atoms with Crippen LogP contribution >= 0.6 is 11.3 Å². The largest absolute Gasteiger partial charge is 0.304 e. The molecule has 112 valence electrons. The highest BCUT2D eigenvalue weighted by atomic mass is 32.1. The van der Waals surface area contributed by atoms with Crippen LogP contribution in [-0.2, 0) is 13.0 Å². The van der Waals surface area contributed by atoms with Crippen LogP contribution in [0.5, 0.6) is 0 Å². The molecular weight excluding hydrogens is 293 g/mol. The van der Waals surface area contributed by atoms with E-state index in [0.29, 0.717) is 12.1 Å². The predicted molar refractivity (Wildman–Crippen MR) is 79.8 cm³/mol. The molecule has 1 N–H and O–H groups in total. The van der Waals surface area contributed by atoms with Crippen LogP contribution in [0.1, 0.15) is 35.3 Å². The van der Waals surface area contributed by atoms with Crippen molar-refractivity contribution in [2.45, 2.75) is 32.9 Å². The zero-order chi connectivity index (χ0) is 15.4. The lowest BCUT2D eigenvalue weighted by atomic mass is 10.2. The molecular formula is C14H16FN3O2S. The summed E-state index contributed by atoms with van der Waals surface area (Å²) in [6.45, 7) is 4.38. The van der Waals surface area contributed by atoms with E-state index in [-0.39, 0.29) is 11.7 Å². The van der Waals surface area contributed by atoms with Crippen molar-refractivity contribution in [1.82, 2.24) is 10.3 Å². The van der Waals surface area contributed by atoms with Crippen molar-refractivity contribution in [3.05, 3.63) is 55.8 Å². The van der Waals surface area contributed by atoms with Gasteiger partial charge in [0.05, 0.1) is 17.0 Å². The molecule has 0 aliphatic carbocycles. The second kappa shape index (κ2) is 6.73. The molecule has 0 saturated carbocycles. The van der Waals surface area contributed by atoms with Gasteiger partial charge in [0, 0.05) is 23.7 Å². The van der Waals surface area contributed by atoms with E-state index in [2.05, 4.69) is 17.2 Å². The normalized spacial score (nSPS) is 12.3. The van der Waals surface area contributed by atoms with E-state index in [9.17, 15) is 14.5 Å². The van der Waals surface area contributed by atoms with Crippen LogP contribution in [0.3, 0.4) is 0 Å². The van der Waals surface area contributed by atoms with Crippen LogP contribution in [0.4, 0.5) is 10.1 Å². The number of nitrogens with zero attached hydrogens (tertiary/aromatic N) is 2. The maximum atomic E-state index is 13.3. The van der Waals surface area contributed by atoms with Crippen LogP contribution in [0.2, 0.25) is 0 Å². The molecule has 2 aromatic rings. The molecule has 1 unspecified atom stereocenters. The van der Waals surface area contributed by atoms with Gasteiger partial charge in [-0.05, 0) is 25.0 Å². The number of thiazole rings is 1. The first-order valence-electron chi connectivity index (χ1n) is 6.61. The number of nitrogens with one attached hydrogen (secondary N) is 1. The van der Waals surface area contributed by atoms with Crippen LogP contribution in [-0.4, -0.2) is 9.91 Å². The number of non-ortho nitro benzene ring substituents is 1. The number of benzene rings is 1. The Hall–Kier alpha value is -1.86. The Morgan fingerprint density at radius 3 is 2.86 bits per heavy atom. The number of hydrogen-bond donors (Lipinski definition) is 1. The summed E-state index contributed by atoms with van der Waals surface area (Å²) in [7, 11) is 0. The Bertz CT molecular complexity index is 645. The molecule has 0 radical (unpaired) electrons. The van der Waals surface area contributed by atoms with Crippen molar-refractivity contribution in [3.8, 4) is 0 Å². The lowest BCUT2D eigenvalue weighted by Gasteiger charge is -2.11. The summed E-state index contributed by atoms with van der Waals surface area (Å²) in [5.41, 5.74) is 0.308. The fraction of sp³-hybridized carbons (Fsp3) is 0.357. The van der Waals surface area contributed by atoms with Crippen LogP contribution in [0.25, 0.3) is 0 Å². The summed E-state index contributed by atoms with van der Waals surface area (Å²) < 4.78 is 13.3. The molecule has 21 heavy (non-hydrogen) atoms. The van der Waals surface area contributed by atoms with Gasteiger partial charge in [0.25, 0.3) is 5.69 Å². The summed E-state index contributed by atoms with van der Waals surface area (Å²) in [6.07, 6.45) is 2.80. The second-order valence-corrected chi connectivity index (χ2v) is 5.84. The first-order valence-corrected chi connectivity index (χ1v) is 7.43. The molecule has 0 spiro atoms. The number of rotatable bonds is 6. The van der Waals surface area contributed by atoms with E-state index in [1.165, 1.54) is 17.0 Å². The number of nitro groups is 1. The highest BCUT2D eigenvalue weighted by Crippen LogP contribution is 2.21. The zero-order valence-corrected chi connectivity index (χ0v) is 12.6. The van der Waals surface area contributed by atoms with E-state index in [1.807, 2.05) is 13.1 Å². The van der Waals surface area contributed by atoms with Crippen LogP contribution in [0, 0.1) is 15.9 Å². The molecule has 2 rings (SSSR count). The minimum absolute atomic E-state index is 0.0117. The van der Waals surface area contributed by atoms with Gasteiger partial charge in [-0.1, -0.05) is 6.92 Å². The quantitative estimate of drug-likeness (QED) is 0.654. The Labute approximate surface area is 126 Å². The molecule has 0 bridgehead atoms. The minimum atomic E-state index is -0.601. The second-order valence-electron chi connectivity index (χ2n) is 4.70. The molecule has 1 aromatic carbocycles. The summed E-state index contributed by atoms with van der Waals surface area (Å²) in [6, 6.07) is 3.60. The Kier molecular flexibility index (Phi) is 4.98. The van der Waals surface area contributed by atoms with Gasteiger partial charge in [0.15, 0.2) is 0 Å². The van der Waals surface area contributed by atoms with Gasteiger partial charge >= 0.3 is 0 Å². The number of halogens is 1. The zero-order valence-electron chi connectivity index (χ0n) is 11.8. The van der Waals surface area contributed by atoms with E-state index >= 15 is 0 Å². The van der Waals surface area contributed by atoms with Crippen LogP contribution in [0.15, 0.2) is 24.4 Å². The van der Waals surface area contributed by atoms with Crippen molar-refractivity contribution in [2.24, 2.45) is 0 Å². The Balaban J connectivity index is 2.03. The number of nitro benzene ring substituents is 1. The molecule has 1 heterocycles. The fourth-order valence-corrected chi connectivity index (χ4v) is 2.77. The van der Waals surface area contributed by atoms with Gasteiger partial charge < -0.3 is 5.32 Å². The van der Waals surface area contributed by atoms with Gasteiger partial charge in [0.2, 0.25) is 0 Å². The number of hydrogen-bond acceptors (Lipinski definition) is 5. The first kappa shape index (κ1) is 15.5. The fourth-order valence-electron chi connectivity index (χ4n) is 1.89. The van der Waals surface area contributed by atoms with Gasteiger partial charge in [0.1, 0.15) is 10.8 Å². The van der Waals surface area contributed by atoms with Gasteiger partial charge in [-0.25, -0.2) is 9.37 Å². The molecule has 0 fully saturated rings. The molecule has 1 atom stereocenters. The average Bonchev–Trinajstić information content (AvgIpc) is 2.93. The van der Waals surface area contributed by atoms with Crippen molar-refractivity contribution in [2.75, 3.05) is 0 Å². The molecule has 7 heteroatoms. The highest BCUT2D eigenvalue weighted by Gasteiger charge is 2.12. The van der Waals surface area contributed by atoms with E-state index in [0.717, 1.165) is 17.5 Å². The van der Waals surface area contributed by atoms with Gasteiger partial charge in [-0.15, -0.1) is 11.3 Å². The number of aryl methyl sites for hydroxylation is 1. The minimum Gasteiger partial charge on any atom is -0.304 e. The molecule has 0 amide bonds. The molecule has 5 nitrogen and oxygen atoms in total. The molecule has 1 aromatic heterocycles. The van der Waals surface area contributed by atoms with Crippen molar-refractivity contribution < 1.29 is 9.31 Å². The van der Waals surface area contributed by atoms with Gasteiger partial charge in [-0.3, -0.25) is 10.1 Å². The van der Waals surface area contributed by atoms with E-state index in [4.69, 9.17) is 0 Å². The third-order valence-corrected chi connectivity index (χ3v) is 4.38. The standard InChI is InChI=1S/C14H16FN3O2S/c1-3-13-8-17-14(21-13)9(2)16-7-10-4-11(15)6-12(5-10)18(19)20/h4-6,8-9,16H,3,7H2,1-2H3. The topological polar surface area (TPSA) is 68.1 Å². The Morgan fingerprint density at radius 2 is 2.24 bits per heavy atom. The third-order valence-electron chi connectivity index (χ3n) is 3.06. The summed E-state index contributed by atoms with van der Waals surface area (Å²) >= 11 is 1.63. The van der Waals surface area contributed by atoms with Crippen LogP contribution < -0.4 is 5.32 Å². The lowest BCUT2D eigenvalue weighted by Crippen LogP contribution is -2.18. The molecule has 0 aliphatic heterocycles.